The highest BCUT2D eigenvalue weighted by Gasteiger charge is 2.19. The van der Waals surface area contributed by atoms with Crippen molar-refractivity contribution < 1.29 is 13.2 Å². The molecule has 0 radical (unpaired) electrons. The van der Waals surface area contributed by atoms with E-state index in [0.29, 0.717) is 10.2 Å². The molecule has 0 bridgehead atoms. The number of fused-ring (bicyclic) bond motifs is 1. The monoisotopic (exact) mass is 332 g/mol. The van der Waals surface area contributed by atoms with E-state index < -0.39 is 12.4 Å². The summed E-state index contributed by atoms with van der Waals surface area (Å²) in [6.07, 6.45) is 1.31. The summed E-state index contributed by atoms with van der Waals surface area (Å²) in [5.41, 5.74) is 0.702. The van der Waals surface area contributed by atoms with Crippen molar-refractivity contribution in [3.63, 3.8) is 0 Å². The van der Waals surface area contributed by atoms with Crippen LogP contribution in [0.15, 0.2) is 24.4 Å². The number of alkyl halides is 2. The molecule has 4 nitrogen and oxygen atoms in total. The molecule has 0 atom stereocenters. The minimum Gasteiger partial charge on any atom is -0.239 e. The van der Waals surface area contributed by atoms with Crippen LogP contribution in [0.2, 0.25) is 10.2 Å². The second-order valence-electron chi connectivity index (χ2n) is 4.06. The summed E-state index contributed by atoms with van der Waals surface area (Å²) >= 11 is 11.7. The van der Waals surface area contributed by atoms with Gasteiger partial charge in [0.1, 0.15) is 11.3 Å². The Hall–Kier alpha value is -1.86. The topological polar surface area (TPSA) is 43.6 Å². The molecule has 2 aromatic heterocycles. The SMILES string of the molecule is Fc1ccc(-c2cnc3nn(C(F)F)c(Cl)c3n2)c(Cl)c1. The molecule has 0 amide bonds. The van der Waals surface area contributed by atoms with Crippen molar-refractivity contribution in [1.29, 1.82) is 0 Å². The zero-order valence-corrected chi connectivity index (χ0v) is 11.6. The fourth-order valence-corrected chi connectivity index (χ4v) is 2.31. The zero-order valence-electron chi connectivity index (χ0n) is 10.1. The second kappa shape index (κ2) is 5.16. The van der Waals surface area contributed by atoms with Crippen molar-refractivity contribution in [2.75, 3.05) is 0 Å². The molecular formula is C12H5Cl2F3N4. The van der Waals surface area contributed by atoms with Gasteiger partial charge in [0.05, 0.1) is 16.9 Å². The third-order valence-electron chi connectivity index (χ3n) is 2.74. The highest BCUT2D eigenvalue weighted by molar-refractivity contribution is 6.34. The lowest BCUT2D eigenvalue weighted by Gasteiger charge is -2.03. The van der Waals surface area contributed by atoms with Gasteiger partial charge in [-0.3, -0.25) is 0 Å². The van der Waals surface area contributed by atoms with Gasteiger partial charge in [0.15, 0.2) is 5.15 Å². The number of halogens is 5. The molecule has 9 heteroatoms. The summed E-state index contributed by atoms with van der Waals surface area (Å²) in [7, 11) is 0. The van der Waals surface area contributed by atoms with Gasteiger partial charge < -0.3 is 0 Å². The van der Waals surface area contributed by atoms with Crippen molar-refractivity contribution >= 4 is 34.4 Å². The molecule has 0 N–H and O–H groups in total. The Morgan fingerprint density at radius 2 is 1.95 bits per heavy atom. The smallest absolute Gasteiger partial charge is 0.239 e. The third kappa shape index (κ3) is 2.43. The normalized spacial score (nSPS) is 11.5. The van der Waals surface area contributed by atoms with E-state index in [0.717, 1.165) is 6.07 Å². The van der Waals surface area contributed by atoms with E-state index >= 15 is 0 Å². The van der Waals surface area contributed by atoms with Crippen LogP contribution in [0, 0.1) is 5.82 Å². The van der Waals surface area contributed by atoms with Gasteiger partial charge in [-0.05, 0) is 18.2 Å². The van der Waals surface area contributed by atoms with Crippen LogP contribution in [0.1, 0.15) is 6.55 Å². The Kier molecular flexibility index (Phi) is 3.46. The summed E-state index contributed by atoms with van der Waals surface area (Å²) in [5.74, 6) is -0.499. The number of aromatic nitrogens is 4. The molecule has 0 saturated carbocycles. The Balaban J connectivity index is 2.19. The molecule has 0 aliphatic rings. The van der Waals surface area contributed by atoms with Crippen LogP contribution in [-0.2, 0) is 0 Å². The van der Waals surface area contributed by atoms with Gasteiger partial charge in [0.2, 0.25) is 5.65 Å². The Labute approximate surface area is 126 Å². The van der Waals surface area contributed by atoms with Gasteiger partial charge in [0, 0.05) is 5.56 Å². The van der Waals surface area contributed by atoms with Crippen LogP contribution in [0.3, 0.4) is 0 Å². The molecule has 0 fully saturated rings. The van der Waals surface area contributed by atoms with Gasteiger partial charge in [-0.25, -0.2) is 14.4 Å². The predicted octanol–water partition coefficient (Wildman–Crippen LogP) is 4.33. The van der Waals surface area contributed by atoms with Crippen molar-refractivity contribution in [2.45, 2.75) is 6.55 Å². The van der Waals surface area contributed by atoms with Crippen molar-refractivity contribution in [3.05, 3.63) is 40.4 Å². The van der Waals surface area contributed by atoms with Crippen molar-refractivity contribution in [2.24, 2.45) is 0 Å². The van der Waals surface area contributed by atoms with Gasteiger partial charge in [-0.15, -0.1) is 5.10 Å². The molecule has 21 heavy (non-hydrogen) atoms. The number of benzene rings is 1. The number of hydrogen-bond acceptors (Lipinski definition) is 3. The first-order chi connectivity index (χ1) is 9.97. The standard InChI is InChI=1S/C12H5Cl2F3N4/c13-7-3-5(15)1-2-6(7)8-4-18-11-9(19-8)10(14)21(20-11)12(16)17/h1-4,12H. The highest BCUT2D eigenvalue weighted by atomic mass is 35.5. The Morgan fingerprint density at radius 1 is 1.19 bits per heavy atom. The molecule has 0 saturated heterocycles. The third-order valence-corrected chi connectivity index (χ3v) is 3.41. The van der Waals surface area contributed by atoms with Gasteiger partial charge in [0.25, 0.3) is 0 Å². The van der Waals surface area contributed by atoms with Crippen molar-refractivity contribution in [3.8, 4) is 11.3 Å². The first-order valence-corrected chi connectivity index (χ1v) is 6.37. The molecule has 1 aromatic carbocycles. The van der Waals surface area contributed by atoms with Crippen LogP contribution < -0.4 is 0 Å². The highest BCUT2D eigenvalue weighted by Crippen LogP contribution is 2.30. The quantitative estimate of drug-likeness (QED) is 0.701. The lowest BCUT2D eigenvalue weighted by molar-refractivity contribution is 0.0576. The summed E-state index contributed by atoms with van der Waals surface area (Å²) in [4.78, 5) is 8.04. The summed E-state index contributed by atoms with van der Waals surface area (Å²) < 4.78 is 38.7. The maximum atomic E-state index is 13.0. The Bertz CT molecular complexity index is 835. The molecular weight excluding hydrogens is 328 g/mol. The fraction of sp³-hybridized carbons (Fsp3) is 0.0833. The average molecular weight is 333 g/mol. The number of nitrogens with zero attached hydrogens (tertiary/aromatic N) is 4. The molecule has 0 spiro atoms. The summed E-state index contributed by atoms with van der Waals surface area (Å²) in [6, 6.07) is 3.74. The molecule has 3 aromatic rings. The first kappa shape index (κ1) is 14.1. The number of rotatable bonds is 2. The van der Waals surface area contributed by atoms with Gasteiger partial charge >= 0.3 is 6.55 Å². The maximum absolute atomic E-state index is 13.0. The predicted molar refractivity (Wildman–Crippen MR) is 72.0 cm³/mol. The van der Waals surface area contributed by atoms with E-state index in [-0.39, 0.29) is 27.0 Å². The van der Waals surface area contributed by atoms with E-state index in [9.17, 15) is 13.2 Å². The first-order valence-electron chi connectivity index (χ1n) is 5.61. The van der Waals surface area contributed by atoms with E-state index in [1.807, 2.05) is 0 Å². The molecule has 2 heterocycles. The van der Waals surface area contributed by atoms with E-state index in [1.54, 1.807) is 0 Å². The summed E-state index contributed by atoms with van der Waals surface area (Å²) in [5, 5.41) is 3.35. The van der Waals surface area contributed by atoms with E-state index in [2.05, 4.69) is 15.1 Å². The van der Waals surface area contributed by atoms with Crippen LogP contribution in [0.5, 0.6) is 0 Å². The summed E-state index contributed by atoms with van der Waals surface area (Å²) in [6.45, 7) is -2.90. The number of hydrogen-bond donors (Lipinski definition) is 0. The van der Waals surface area contributed by atoms with Gasteiger partial charge in [-0.2, -0.15) is 13.5 Å². The second-order valence-corrected chi connectivity index (χ2v) is 4.83. The van der Waals surface area contributed by atoms with Crippen LogP contribution in [0.25, 0.3) is 22.4 Å². The lowest BCUT2D eigenvalue weighted by atomic mass is 10.1. The minimum absolute atomic E-state index is 0.0118. The van der Waals surface area contributed by atoms with Crippen molar-refractivity contribution in [1.82, 2.24) is 19.7 Å². The van der Waals surface area contributed by atoms with E-state index in [1.165, 1.54) is 18.3 Å². The van der Waals surface area contributed by atoms with Crippen LogP contribution in [-0.4, -0.2) is 19.7 Å². The average Bonchev–Trinajstić information content (AvgIpc) is 2.76. The van der Waals surface area contributed by atoms with Crippen LogP contribution >= 0.6 is 23.2 Å². The fourth-order valence-electron chi connectivity index (χ4n) is 1.81. The Morgan fingerprint density at radius 3 is 2.62 bits per heavy atom. The molecule has 108 valence electrons. The maximum Gasteiger partial charge on any atom is 0.334 e. The molecule has 0 aliphatic heterocycles. The molecule has 0 aliphatic carbocycles. The molecule has 3 rings (SSSR count). The minimum atomic E-state index is -2.90. The zero-order chi connectivity index (χ0) is 15.1. The van der Waals surface area contributed by atoms with E-state index in [4.69, 9.17) is 23.2 Å². The largest absolute Gasteiger partial charge is 0.334 e. The van der Waals surface area contributed by atoms with Gasteiger partial charge in [-0.1, -0.05) is 23.2 Å². The van der Waals surface area contributed by atoms with Crippen LogP contribution in [0.4, 0.5) is 13.2 Å². The molecule has 0 unspecified atom stereocenters. The lowest BCUT2D eigenvalue weighted by Crippen LogP contribution is -1.99.